The van der Waals surface area contributed by atoms with Gasteiger partial charge in [-0.3, -0.25) is 4.79 Å². The molecule has 1 fully saturated rings. The van der Waals surface area contributed by atoms with Crippen LogP contribution < -0.4 is 16.4 Å². The van der Waals surface area contributed by atoms with Gasteiger partial charge < -0.3 is 21.1 Å². The monoisotopic (exact) mass is 263 g/mol. The summed E-state index contributed by atoms with van der Waals surface area (Å²) in [7, 11) is 0. The first-order valence-corrected chi connectivity index (χ1v) is 6.20. The first kappa shape index (κ1) is 13.2. The van der Waals surface area contributed by atoms with Crippen molar-refractivity contribution in [3.8, 4) is 0 Å². The Kier molecular flexibility index (Phi) is 3.89. The predicted octanol–water partition coefficient (Wildman–Crippen LogP) is 0.746. The van der Waals surface area contributed by atoms with Crippen molar-refractivity contribution in [1.29, 1.82) is 0 Å². The second kappa shape index (κ2) is 5.60. The van der Waals surface area contributed by atoms with Gasteiger partial charge >= 0.3 is 5.97 Å². The molecule has 19 heavy (non-hydrogen) atoms. The molecule has 1 amide bonds. The van der Waals surface area contributed by atoms with Crippen LogP contribution in [-0.2, 0) is 9.53 Å². The van der Waals surface area contributed by atoms with Crippen molar-refractivity contribution in [1.82, 2.24) is 5.32 Å². The van der Waals surface area contributed by atoms with Crippen LogP contribution in [0.15, 0.2) is 18.2 Å². The molecule has 6 heteroatoms. The lowest BCUT2D eigenvalue weighted by Gasteiger charge is -2.15. The minimum atomic E-state index is -0.422. The molecule has 0 radical (unpaired) electrons. The lowest BCUT2D eigenvalue weighted by atomic mass is 10.1. The van der Waals surface area contributed by atoms with E-state index in [1.54, 1.807) is 25.1 Å². The molecular weight excluding hydrogens is 246 g/mol. The summed E-state index contributed by atoms with van der Waals surface area (Å²) in [6, 6.07) is 4.98. The van der Waals surface area contributed by atoms with E-state index in [0.29, 0.717) is 36.5 Å². The van der Waals surface area contributed by atoms with Crippen molar-refractivity contribution in [2.75, 3.05) is 24.2 Å². The molecule has 1 heterocycles. The van der Waals surface area contributed by atoms with Crippen molar-refractivity contribution in [3.05, 3.63) is 23.8 Å². The molecule has 1 aliphatic rings. The standard InChI is InChI=1S/C13H17N3O3/c1-2-19-13(18)10-5-8(14)3-4-11(10)16-9-6-12(17)15-7-9/h3-5,9,16H,2,6-7,14H2,1H3,(H,15,17). The number of amides is 1. The van der Waals surface area contributed by atoms with E-state index < -0.39 is 5.97 Å². The SMILES string of the molecule is CCOC(=O)c1cc(N)ccc1NC1CNC(=O)C1. The van der Waals surface area contributed by atoms with E-state index in [4.69, 9.17) is 10.5 Å². The van der Waals surface area contributed by atoms with Gasteiger partial charge in [0.1, 0.15) is 0 Å². The van der Waals surface area contributed by atoms with Crippen molar-refractivity contribution in [3.63, 3.8) is 0 Å². The number of carbonyl (C=O) groups is 2. The fraction of sp³-hybridized carbons (Fsp3) is 0.385. The molecule has 102 valence electrons. The number of nitrogens with two attached hydrogens (primary N) is 1. The second-order valence-electron chi connectivity index (χ2n) is 4.37. The molecule has 0 aliphatic carbocycles. The minimum Gasteiger partial charge on any atom is -0.462 e. The number of anilines is 2. The first-order chi connectivity index (χ1) is 9.10. The topological polar surface area (TPSA) is 93.4 Å². The lowest BCUT2D eigenvalue weighted by molar-refractivity contribution is -0.119. The number of hydrogen-bond acceptors (Lipinski definition) is 5. The Hall–Kier alpha value is -2.24. The zero-order valence-electron chi connectivity index (χ0n) is 10.7. The quantitative estimate of drug-likeness (QED) is 0.550. The van der Waals surface area contributed by atoms with Crippen LogP contribution in [0.2, 0.25) is 0 Å². The fourth-order valence-electron chi connectivity index (χ4n) is 1.99. The molecular formula is C13H17N3O3. The summed E-state index contributed by atoms with van der Waals surface area (Å²) >= 11 is 0. The van der Waals surface area contributed by atoms with Gasteiger partial charge in [-0.15, -0.1) is 0 Å². The zero-order valence-corrected chi connectivity index (χ0v) is 10.7. The Morgan fingerprint density at radius 1 is 1.58 bits per heavy atom. The van der Waals surface area contributed by atoms with Gasteiger partial charge in [0.05, 0.1) is 18.2 Å². The van der Waals surface area contributed by atoms with Gasteiger partial charge in [0.15, 0.2) is 0 Å². The van der Waals surface area contributed by atoms with Crippen LogP contribution in [0.5, 0.6) is 0 Å². The molecule has 1 aliphatic heterocycles. The molecule has 1 aromatic carbocycles. The first-order valence-electron chi connectivity index (χ1n) is 6.20. The van der Waals surface area contributed by atoms with Crippen LogP contribution in [0.4, 0.5) is 11.4 Å². The predicted molar refractivity (Wildman–Crippen MR) is 71.8 cm³/mol. The zero-order chi connectivity index (χ0) is 13.8. The van der Waals surface area contributed by atoms with Crippen molar-refractivity contribution < 1.29 is 14.3 Å². The van der Waals surface area contributed by atoms with E-state index in [0.717, 1.165) is 0 Å². The second-order valence-corrected chi connectivity index (χ2v) is 4.37. The highest BCUT2D eigenvalue weighted by atomic mass is 16.5. The maximum atomic E-state index is 11.9. The van der Waals surface area contributed by atoms with Crippen LogP contribution in [0.1, 0.15) is 23.7 Å². The van der Waals surface area contributed by atoms with Gasteiger partial charge in [0.2, 0.25) is 5.91 Å². The number of hydrogen-bond donors (Lipinski definition) is 3. The summed E-state index contributed by atoms with van der Waals surface area (Å²) in [5, 5.41) is 5.90. The van der Waals surface area contributed by atoms with Gasteiger partial charge in [0.25, 0.3) is 0 Å². The van der Waals surface area contributed by atoms with E-state index in [9.17, 15) is 9.59 Å². The summed E-state index contributed by atoms with van der Waals surface area (Å²) in [4.78, 5) is 23.0. The third-order valence-electron chi connectivity index (χ3n) is 2.88. The van der Waals surface area contributed by atoms with Crippen molar-refractivity contribution >= 4 is 23.3 Å². The molecule has 1 unspecified atom stereocenters. The summed E-state index contributed by atoms with van der Waals surface area (Å²) in [6.45, 7) is 2.60. The van der Waals surface area contributed by atoms with E-state index in [1.807, 2.05) is 0 Å². The largest absolute Gasteiger partial charge is 0.462 e. The molecule has 4 N–H and O–H groups in total. The highest BCUT2D eigenvalue weighted by Crippen LogP contribution is 2.22. The third kappa shape index (κ3) is 3.15. The number of rotatable bonds is 4. The fourth-order valence-corrected chi connectivity index (χ4v) is 1.99. The Morgan fingerprint density at radius 3 is 3.00 bits per heavy atom. The molecule has 0 aromatic heterocycles. The highest BCUT2D eigenvalue weighted by Gasteiger charge is 2.23. The van der Waals surface area contributed by atoms with Crippen LogP contribution in [0.25, 0.3) is 0 Å². The van der Waals surface area contributed by atoms with Gasteiger partial charge in [0, 0.05) is 24.3 Å². The Labute approximate surface area is 111 Å². The Bertz CT molecular complexity index is 502. The average Bonchev–Trinajstić information content (AvgIpc) is 2.77. The van der Waals surface area contributed by atoms with Gasteiger partial charge in [-0.05, 0) is 25.1 Å². The number of carbonyl (C=O) groups excluding carboxylic acids is 2. The Balaban J connectivity index is 2.19. The molecule has 1 atom stereocenters. The van der Waals surface area contributed by atoms with E-state index in [1.165, 1.54) is 0 Å². The lowest BCUT2D eigenvalue weighted by Crippen LogP contribution is -2.23. The summed E-state index contributed by atoms with van der Waals surface area (Å²) in [5.41, 5.74) is 7.21. The average molecular weight is 263 g/mol. The molecule has 2 rings (SSSR count). The van der Waals surface area contributed by atoms with E-state index in [-0.39, 0.29) is 11.9 Å². The maximum Gasteiger partial charge on any atom is 0.340 e. The van der Waals surface area contributed by atoms with Crippen LogP contribution in [0.3, 0.4) is 0 Å². The highest BCUT2D eigenvalue weighted by molar-refractivity contribution is 5.97. The number of ether oxygens (including phenoxy) is 1. The molecule has 0 saturated carbocycles. The molecule has 0 spiro atoms. The normalized spacial score (nSPS) is 17.9. The van der Waals surface area contributed by atoms with Gasteiger partial charge in [-0.2, -0.15) is 0 Å². The van der Waals surface area contributed by atoms with E-state index in [2.05, 4.69) is 10.6 Å². The van der Waals surface area contributed by atoms with Gasteiger partial charge in [-0.1, -0.05) is 0 Å². The van der Waals surface area contributed by atoms with Crippen LogP contribution >= 0.6 is 0 Å². The molecule has 1 saturated heterocycles. The maximum absolute atomic E-state index is 11.9. The number of nitrogen functional groups attached to an aromatic ring is 1. The number of nitrogens with one attached hydrogen (secondary N) is 2. The third-order valence-corrected chi connectivity index (χ3v) is 2.88. The van der Waals surface area contributed by atoms with E-state index >= 15 is 0 Å². The smallest absolute Gasteiger partial charge is 0.340 e. The number of esters is 1. The molecule has 6 nitrogen and oxygen atoms in total. The molecule has 0 bridgehead atoms. The summed E-state index contributed by atoms with van der Waals surface area (Å²) in [5.74, 6) is -0.416. The summed E-state index contributed by atoms with van der Waals surface area (Å²) in [6.07, 6.45) is 0.395. The van der Waals surface area contributed by atoms with Crippen LogP contribution in [0, 0.1) is 0 Å². The number of benzene rings is 1. The van der Waals surface area contributed by atoms with Crippen LogP contribution in [-0.4, -0.2) is 31.1 Å². The molecule has 1 aromatic rings. The van der Waals surface area contributed by atoms with Crippen molar-refractivity contribution in [2.45, 2.75) is 19.4 Å². The van der Waals surface area contributed by atoms with Gasteiger partial charge in [-0.25, -0.2) is 4.79 Å². The Morgan fingerprint density at radius 2 is 2.37 bits per heavy atom. The van der Waals surface area contributed by atoms with Crippen molar-refractivity contribution in [2.24, 2.45) is 0 Å². The minimum absolute atomic E-state index is 0.00521. The summed E-state index contributed by atoms with van der Waals surface area (Å²) < 4.78 is 4.99.